The Balaban J connectivity index is 2.64. The van der Waals surface area contributed by atoms with E-state index in [0.29, 0.717) is 17.5 Å². The molecule has 3 nitrogen and oxygen atoms in total. The number of aldehydes is 1. The number of nitrogens with zero attached hydrogens (tertiary/aromatic N) is 1. The third-order valence-electron chi connectivity index (χ3n) is 1.96. The number of halogens is 1. The molecule has 0 amide bonds. The van der Waals surface area contributed by atoms with Crippen LogP contribution in [0.5, 0.6) is 0 Å². The molecule has 0 aliphatic rings. The Morgan fingerprint density at radius 1 is 1.36 bits per heavy atom. The largest absolute Gasteiger partial charge is 0.298 e. The minimum absolute atomic E-state index is 0.0525. The third-order valence-corrected chi connectivity index (χ3v) is 1.96. The molecule has 1 aromatic carbocycles. The van der Waals surface area contributed by atoms with Crippen LogP contribution >= 0.6 is 0 Å². The van der Waals surface area contributed by atoms with Crippen LogP contribution in [0.1, 0.15) is 10.4 Å². The summed E-state index contributed by atoms with van der Waals surface area (Å²) in [7, 11) is 0. The molecule has 0 saturated carbocycles. The van der Waals surface area contributed by atoms with Gasteiger partial charge in [0.15, 0.2) is 6.29 Å². The Hall–Kier alpha value is -1.97. The molecule has 1 heterocycles. The van der Waals surface area contributed by atoms with E-state index in [4.69, 9.17) is 0 Å². The fourth-order valence-electron chi connectivity index (χ4n) is 1.30. The maximum atomic E-state index is 13.2. The molecule has 0 spiro atoms. The van der Waals surface area contributed by atoms with Crippen LogP contribution < -0.4 is 0 Å². The number of aromatic amines is 1. The van der Waals surface area contributed by atoms with E-state index in [-0.39, 0.29) is 5.56 Å². The lowest BCUT2D eigenvalue weighted by Crippen LogP contribution is -1.92. The van der Waals surface area contributed by atoms with Gasteiger partial charge in [0.1, 0.15) is 5.82 Å². The number of nitrogens with one attached hydrogen (secondary N) is 1. The van der Waals surface area contributed by atoms with Crippen LogP contribution in [-0.2, 0) is 0 Å². The molecule has 1 aromatic heterocycles. The maximum absolute atomic E-state index is 13.2. The summed E-state index contributed by atoms with van der Waals surface area (Å²) in [4.78, 5) is 10.7. The summed E-state index contributed by atoms with van der Waals surface area (Å²) in [5, 5.41) is 6.42. The van der Waals surface area contributed by atoms with E-state index in [9.17, 15) is 9.18 Å². The van der Waals surface area contributed by atoms with Crippen molar-refractivity contribution < 1.29 is 9.18 Å². The van der Waals surface area contributed by atoms with Gasteiger partial charge in [-0.25, -0.2) is 4.39 Å². The van der Waals surface area contributed by atoms with Crippen molar-refractivity contribution in [3.8, 4) is 11.3 Å². The van der Waals surface area contributed by atoms with Crippen LogP contribution in [0.15, 0.2) is 30.5 Å². The molecule has 1 N–H and O–H groups in total. The number of H-pyrrole nitrogens is 1. The molecule has 70 valence electrons. The number of rotatable bonds is 2. The van der Waals surface area contributed by atoms with Crippen molar-refractivity contribution >= 4 is 6.29 Å². The van der Waals surface area contributed by atoms with Crippen molar-refractivity contribution in [3.63, 3.8) is 0 Å². The van der Waals surface area contributed by atoms with Crippen molar-refractivity contribution in [2.24, 2.45) is 0 Å². The van der Waals surface area contributed by atoms with Gasteiger partial charge in [-0.05, 0) is 12.1 Å². The topological polar surface area (TPSA) is 45.8 Å². The minimum atomic E-state index is -0.521. The van der Waals surface area contributed by atoms with E-state index in [2.05, 4.69) is 10.2 Å². The lowest BCUT2D eigenvalue weighted by molar-refractivity contribution is 0.112. The summed E-state index contributed by atoms with van der Waals surface area (Å²) >= 11 is 0. The standard InChI is InChI=1S/C10H7FN2O/c11-9-3-1-2-7(8(9)6-14)10-4-5-12-13-10/h1-6H,(H,12,13). The number of hydrogen-bond acceptors (Lipinski definition) is 2. The van der Waals surface area contributed by atoms with Gasteiger partial charge in [-0.1, -0.05) is 12.1 Å². The first kappa shape index (κ1) is 8.62. The van der Waals surface area contributed by atoms with Gasteiger partial charge in [0.05, 0.1) is 11.3 Å². The summed E-state index contributed by atoms with van der Waals surface area (Å²) < 4.78 is 13.2. The summed E-state index contributed by atoms with van der Waals surface area (Å²) in [6.07, 6.45) is 2.06. The predicted molar refractivity (Wildman–Crippen MR) is 49.4 cm³/mol. The Morgan fingerprint density at radius 2 is 2.21 bits per heavy atom. The molecule has 2 aromatic rings. The second-order valence-corrected chi connectivity index (χ2v) is 2.79. The minimum Gasteiger partial charge on any atom is -0.298 e. The first-order valence-corrected chi connectivity index (χ1v) is 4.06. The summed E-state index contributed by atoms with van der Waals surface area (Å²) in [5.74, 6) is -0.521. The van der Waals surface area contributed by atoms with E-state index in [1.165, 1.54) is 6.07 Å². The fraction of sp³-hybridized carbons (Fsp3) is 0. The molecule has 0 saturated heterocycles. The Morgan fingerprint density at radius 3 is 2.86 bits per heavy atom. The first-order chi connectivity index (χ1) is 6.83. The van der Waals surface area contributed by atoms with Gasteiger partial charge >= 0.3 is 0 Å². The molecule has 0 aliphatic carbocycles. The van der Waals surface area contributed by atoms with Crippen molar-refractivity contribution in [2.75, 3.05) is 0 Å². The molecule has 14 heavy (non-hydrogen) atoms. The molecule has 4 heteroatoms. The molecule has 0 fully saturated rings. The highest BCUT2D eigenvalue weighted by Crippen LogP contribution is 2.21. The van der Waals surface area contributed by atoms with Crippen LogP contribution in [-0.4, -0.2) is 16.5 Å². The Bertz CT molecular complexity index is 451. The van der Waals surface area contributed by atoms with Crippen molar-refractivity contribution in [1.82, 2.24) is 10.2 Å². The fourth-order valence-corrected chi connectivity index (χ4v) is 1.30. The highest BCUT2D eigenvalue weighted by Gasteiger charge is 2.09. The van der Waals surface area contributed by atoms with Gasteiger partial charge in [-0.15, -0.1) is 0 Å². The van der Waals surface area contributed by atoms with Crippen LogP contribution in [0.2, 0.25) is 0 Å². The molecular formula is C10H7FN2O. The number of benzene rings is 1. The van der Waals surface area contributed by atoms with E-state index in [1.807, 2.05) is 0 Å². The number of aromatic nitrogens is 2. The highest BCUT2D eigenvalue weighted by atomic mass is 19.1. The Kier molecular flexibility index (Phi) is 2.10. The van der Waals surface area contributed by atoms with Gasteiger partial charge in [0, 0.05) is 11.8 Å². The zero-order valence-corrected chi connectivity index (χ0v) is 7.20. The zero-order valence-electron chi connectivity index (χ0n) is 7.20. The summed E-state index contributed by atoms with van der Waals surface area (Å²) in [6.45, 7) is 0. The average molecular weight is 190 g/mol. The monoisotopic (exact) mass is 190 g/mol. The molecule has 0 radical (unpaired) electrons. The lowest BCUT2D eigenvalue weighted by atomic mass is 10.1. The quantitative estimate of drug-likeness (QED) is 0.736. The lowest BCUT2D eigenvalue weighted by Gasteiger charge is -2.01. The van der Waals surface area contributed by atoms with E-state index >= 15 is 0 Å². The second kappa shape index (κ2) is 3.41. The summed E-state index contributed by atoms with van der Waals surface area (Å²) in [5.41, 5.74) is 1.21. The average Bonchev–Trinajstić information content (AvgIpc) is 2.70. The van der Waals surface area contributed by atoms with Gasteiger partial charge in [-0.2, -0.15) is 5.10 Å². The smallest absolute Gasteiger partial charge is 0.153 e. The zero-order chi connectivity index (χ0) is 9.97. The van der Waals surface area contributed by atoms with Gasteiger partial charge in [0.2, 0.25) is 0 Å². The molecule has 0 unspecified atom stereocenters. The van der Waals surface area contributed by atoms with Crippen molar-refractivity contribution in [1.29, 1.82) is 0 Å². The molecule has 0 aliphatic heterocycles. The molecule has 2 rings (SSSR count). The normalized spacial score (nSPS) is 10.1. The van der Waals surface area contributed by atoms with Gasteiger partial charge < -0.3 is 0 Å². The number of carbonyl (C=O) groups excluding carboxylic acids is 1. The van der Waals surface area contributed by atoms with E-state index in [0.717, 1.165) is 0 Å². The van der Waals surface area contributed by atoms with Crippen LogP contribution in [0.25, 0.3) is 11.3 Å². The number of carbonyl (C=O) groups is 1. The van der Waals surface area contributed by atoms with Crippen molar-refractivity contribution in [2.45, 2.75) is 0 Å². The second-order valence-electron chi connectivity index (χ2n) is 2.79. The maximum Gasteiger partial charge on any atom is 0.153 e. The molecule has 0 atom stereocenters. The molecule has 0 bridgehead atoms. The third kappa shape index (κ3) is 1.31. The predicted octanol–water partition coefficient (Wildman–Crippen LogP) is 2.03. The van der Waals surface area contributed by atoms with Gasteiger partial charge in [0.25, 0.3) is 0 Å². The SMILES string of the molecule is O=Cc1c(F)cccc1-c1ccn[nH]1. The summed E-state index contributed by atoms with van der Waals surface area (Å²) in [6, 6.07) is 6.16. The van der Waals surface area contributed by atoms with Crippen LogP contribution in [0.3, 0.4) is 0 Å². The Labute approximate surface area is 79.6 Å². The number of hydrogen-bond donors (Lipinski definition) is 1. The van der Waals surface area contributed by atoms with Crippen molar-refractivity contribution in [3.05, 3.63) is 41.8 Å². The van der Waals surface area contributed by atoms with E-state index < -0.39 is 5.82 Å². The van der Waals surface area contributed by atoms with Crippen LogP contribution in [0, 0.1) is 5.82 Å². The van der Waals surface area contributed by atoms with Gasteiger partial charge in [-0.3, -0.25) is 9.89 Å². The molecular weight excluding hydrogens is 183 g/mol. The van der Waals surface area contributed by atoms with E-state index in [1.54, 1.807) is 24.4 Å². The highest BCUT2D eigenvalue weighted by molar-refractivity contribution is 5.86. The van der Waals surface area contributed by atoms with Crippen LogP contribution in [0.4, 0.5) is 4.39 Å². The first-order valence-electron chi connectivity index (χ1n) is 4.06.